The van der Waals surface area contributed by atoms with E-state index in [1.165, 1.54) is 14.0 Å². The van der Waals surface area contributed by atoms with Crippen molar-refractivity contribution in [2.24, 2.45) is 5.92 Å². The molecule has 3 atom stereocenters. The van der Waals surface area contributed by atoms with Crippen LogP contribution in [-0.4, -0.2) is 68.6 Å². The molecule has 1 saturated heterocycles. The summed E-state index contributed by atoms with van der Waals surface area (Å²) < 4.78 is 9.88. The first-order valence-electron chi connectivity index (χ1n) is 9.91. The van der Waals surface area contributed by atoms with Crippen molar-refractivity contribution in [1.29, 1.82) is 0 Å². The number of carbonyl (C=O) groups is 4. The van der Waals surface area contributed by atoms with Crippen LogP contribution in [0.15, 0.2) is 0 Å². The highest BCUT2D eigenvalue weighted by Gasteiger charge is 2.38. The Hall–Kier alpha value is -2.00. The number of carbonyl (C=O) groups excluding carboxylic acids is 4. The van der Waals surface area contributed by atoms with Crippen LogP contribution < -0.4 is 16.0 Å². The number of epoxide rings is 1. The first-order valence-corrected chi connectivity index (χ1v) is 9.91. The van der Waals surface area contributed by atoms with Gasteiger partial charge in [0, 0.05) is 13.5 Å². The zero-order valence-corrected chi connectivity index (χ0v) is 16.6. The molecule has 9 heteroatoms. The van der Waals surface area contributed by atoms with Crippen LogP contribution >= 0.6 is 0 Å². The van der Waals surface area contributed by atoms with Crippen molar-refractivity contribution in [3.05, 3.63) is 0 Å². The van der Waals surface area contributed by atoms with E-state index in [-0.39, 0.29) is 31.3 Å². The number of rotatable bonds is 12. The van der Waals surface area contributed by atoms with Gasteiger partial charge in [-0.05, 0) is 19.3 Å². The quantitative estimate of drug-likeness (QED) is 0.387. The first-order chi connectivity index (χ1) is 13.4. The van der Waals surface area contributed by atoms with Crippen LogP contribution in [0.4, 0.5) is 0 Å². The lowest BCUT2D eigenvalue weighted by Gasteiger charge is -2.21. The Bertz CT molecular complexity index is 572. The zero-order chi connectivity index (χ0) is 20.5. The van der Waals surface area contributed by atoms with Crippen LogP contribution in [0.25, 0.3) is 0 Å². The number of ether oxygens (including phenoxy) is 2. The fraction of sp³-hybridized carbons (Fsp3) is 0.789. The maximum Gasteiger partial charge on any atom is 0.242 e. The van der Waals surface area contributed by atoms with E-state index in [2.05, 4.69) is 16.0 Å². The predicted octanol–water partition coefficient (Wildman–Crippen LogP) is -0.323. The number of Topliss-reactive ketones (excluding diaryl/α,β-unsaturated/α-hetero) is 1. The lowest BCUT2D eigenvalue weighted by Crippen LogP contribution is -2.50. The summed E-state index contributed by atoms with van der Waals surface area (Å²) in [6, 6.07) is -1.35. The second-order valence-corrected chi connectivity index (χ2v) is 7.48. The minimum absolute atomic E-state index is 0.0923. The van der Waals surface area contributed by atoms with Crippen molar-refractivity contribution in [1.82, 2.24) is 16.0 Å². The summed E-state index contributed by atoms with van der Waals surface area (Å²) >= 11 is 0. The van der Waals surface area contributed by atoms with E-state index in [0.717, 1.165) is 25.7 Å². The average molecular weight is 397 g/mol. The van der Waals surface area contributed by atoms with Crippen molar-refractivity contribution in [3.8, 4) is 0 Å². The van der Waals surface area contributed by atoms with Crippen molar-refractivity contribution in [3.63, 3.8) is 0 Å². The lowest BCUT2D eigenvalue weighted by atomic mass is 9.94. The highest BCUT2D eigenvalue weighted by Crippen LogP contribution is 2.29. The van der Waals surface area contributed by atoms with Crippen LogP contribution in [0.2, 0.25) is 0 Å². The van der Waals surface area contributed by atoms with Gasteiger partial charge in [0.2, 0.25) is 17.7 Å². The molecule has 0 aromatic carbocycles. The molecule has 3 amide bonds. The number of ketones is 1. The molecular formula is C19H31N3O6. The van der Waals surface area contributed by atoms with E-state index < -0.39 is 30.0 Å². The van der Waals surface area contributed by atoms with Crippen molar-refractivity contribution >= 4 is 23.5 Å². The van der Waals surface area contributed by atoms with Gasteiger partial charge in [-0.15, -0.1) is 0 Å². The Morgan fingerprint density at radius 1 is 1.11 bits per heavy atom. The van der Waals surface area contributed by atoms with E-state index in [0.29, 0.717) is 18.9 Å². The standard InChI is InChI=1S/C19H31N3O6/c1-12(21-16(23)7-8-27-2)19(26)20-10-17(24)22-14(18(25)15-11-28-15)9-13-5-3-4-6-13/h12-15H,3-11H2,1-2H3,(H,20,26)(H,21,23)(H,22,24). The maximum absolute atomic E-state index is 12.4. The Morgan fingerprint density at radius 2 is 1.79 bits per heavy atom. The molecular weight excluding hydrogens is 366 g/mol. The lowest BCUT2D eigenvalue weighted by molar-refractivity contribution is -0.131. The molecule has 0 bridgehead atoms. The molecule has 28 heavy (non-hydrogen) atoms. The van der Waals surface area contributed by atoms with Crippen molar-refractivity contribution in [2.45, 2.75) is 63.6 Å². The number of hydrogen-bond donors (Lipinski definition) is 3. The van der Waals surface area contributed by atoms with Gasteiger partial charge in [0.25, 0.3) is 0 Å². The Kier molecular flexibility index (Phi) is 8.85. The Balaban J connectivity index is 1.75. The normalized spacial score (nSPS) is 20.9. The summed E-state index contributed by atoms with van der Waals surface area (Å²) in [4.78, 5) is 48.3. The van der Waals surface area contributed by atoms with Crippen LogP contribution in [0.1, 0.15) is 45.4 Å². The third-order valence-corrected chi connectivity index (χ3v) is 5.10. The molecule has 0 aromatic rings. The molecule has 3 unspecified atom stereocenters. The van der Waals surface area contributed by atoms with E-state index in [1.54, 1.807) is 0 Å². The molecule has 0 aromatic heterocycles. The van der Waals surface area contributed by atoms with Gasteiger partial charge in [0.15, 0.2) is 5.78 Å². The summed E-state index contributed by atoms with van der Waals surface area (Å²) in [6.07, 6.45) is 4.81. The van der Waals surface area contributed by atoms with Gasteiger partial charge >= 0.3 is 0 Å². The SMILES string of the molecule is COCCC(=O)NC(C)C(=O)NCC(=O)NC(CC1CCCC1)C(=O)C1CO1. The molecule has 0 radical (unpaired) electrons. The Morgan fingerprint density at radius 3 is 2.39 bits per heavy atom. The summed E-state index contributed by atoms with van der Waals surface area (Å²) in [5.41, 5.74) is 0. The molecule has 2 fully saturated rings. The van der Waals surface area contributed by atoms with Crippen LogP contribution in [0.5, 0.6) is 0 Å². The molecule has 0 spiro atoms. The number of amides is 3. The molecule has 2 rings (SSSR count). The highest BCUT2D eigenvalue weighted by molar-refractivity contribution is 5.95. The molecule has 1 aliphatic heterocycles. The third-order valence-electron chi connectivity index (χ3n) is 5.10. The smallest absolute Gasteiger partial charge is 0.242 e. The zero-order valence-electron chi connectivity index (χ0n) is 16.6. The van der Waals surface area contributed by atoms with Crippen LogP contribution in [0.3, 0.4) is 0 Å². The molecule has 1 heterocycles. The third kappa shape index (κ3) is 7.55. The molecule has 1 aliphatic carbocycles. The minimum atomic E-state index is -0.770. The average Bonchev–Trinajstić information content (AvgIpc) is 3.40. The number of methoxy groups -OCH3 is 1. The van der Waals surface area contributed by atoms with Crippen molar-refractivity contribution in [2.75, 3.05) is 26.9 Å². The first kappa shape index (κ1) is 22.3. The van der Waals surface area contributed by atoms with Gasteiger partial charge in [-0.2, -0.15) is 0 Å². The largest absolute Gasteiger partial charge is 0.384 e. The van der Waals surface area contributed by atoms with E-state index in [9.17, 15) is 19.2 Å². The van der Waals surface area contributed by atoms with Crippen molar-refractivity contribution < 1.29 is 28.7 Å². The maximum atomic E-state index is 12.4. The molecule has 2 aliphatic rings. The molecule has 9 nitrogen and oxygen atoms in total. The van der Waals surface area contributed by atoms with Gasteiger partial charge in [0.1, 0.15) is 12.1 Å². The summed E-state index contributed by atoms with van der Waals surface area (Å²) in [7, 11) is 1.49. The predicted molar refractivity (Wildman–Crippen MR) is 100 cm³/mol. The molecule has 1 saturated carbocycles. The van der Waals surface area contributed by atoms with Crippen LogP contribution in [-0.2, 0) is 28.7 Å². The molecule has 158 valence electrons. The summed E-state index contributed by atoms with van der Waals surface area (Å²) in [5, 5.41) is 7.76. The fourth-order valence-corrected chi connectivity index (χ4v) is 3.40. The monoisotopic (exact) mass is 397 g/mol. The minimum Gasteiger partial charge on any atom is -0.384 e. The van der Waals surface area contributed by atoms with E-state index in [4.69, 9.17) is 9.47 Å². The van der Waals surface area contributed by atoms with Gasteiger partial charge in [-0.3, -0.25) is 19.2 Å². The van der Waals surface area contributed by atoms with Gasteiger partial charge in [-0.1, -0.05) is 25.7 Å². The highest BCUT2D eigenvalue weighted by atomic mass is 16.6. The van der Waals surface area contributed by atoms with Crippen LogP contribution in [0, 0.1) is 5.92 Å². The topological polar surface area (TPSA) is 126 Å². The second kappa shape index (κ2) is 11.1. The fourth-order valence-electron chi connectivity index (χ4n) is 3.40. The molecule has 3 N–H and O–H groups in total. The number of nitrogens with one attached hydrogen (secondary N) is 3. The number of hydrogen-bond acceptors (Lipinski definition) is 6. The van der Waals surface area contributed by atoms with Gasteiger partial charge in [-0.25, -0.2) is 0 Å². The van der Waals surface area contributed by atoms with Gasteiger partial charge in [0.05, 0.1) is 25.8 Å². The van der Waals surface area contributed by atoms with E-state index >= 15 is 0 Å². The summed E-state index contributed by atoms with van der Waals surface area (Å²) in [5.74, 6) is -0.857. The summed E-state index contributed by atoms with van der Waals surface area (Å²) in [6.45, 7) is 1.96. The Labute approximate surface area is 165 Å². The van der Waals surface area contributed by atoms with Gasteiger partial charge < -0.3 is 25.4 Å². The second-order valence-electron chi connectivity index (χ2n) is 7.48. The van der Waals surface area contributed by atoms with E-state index in [1.807, 2.05) is 0 Å².